The number of thiazole rings is 2. The third kappa shape index (κ3) is 21.0. The van der Waals surface area contributed by atoms with E-state index in [4.69, 9.17) is 51.0 Å². The van der Waals surface area contributed by atoms with E-state index >= 15 is 0 Å². The molecule has 0 spiro atoms. The molecular weight excluding hydrogens is 1680 g/mol. The standard InChI is InChI=1S/C23H17N3O4S4.C20H17ClN4O8S3.C19H23N3O3S3.C6H15N.C5H11N.K/c1-24-16(32-14-8-7-12-5-3-4-6-13(12)18(14)24)10-9-15-20(29)25(2)22(33-15)19-21(30)26(11-17(27)28)23(31)34-19;1-22-11(18(28)23(2)17(22)16-19(29)24(8-15(26)27)20(34)35-16)4-6-14-25(9-36(30,31)32)12-7-10(21)3-5-13(12)33-14;1-6-20-11(4)12(5)26-14(20)10-9-13-16(23)21(7-2)18(27-13)15-17(24)22(8-3)19(25)28-15;1-4-7(5-2)6-3;1-2-4-6-5-3-1;/h3-10H,11H2,1-2H3,(H,27,28);3-7H,8-9H2,1-2H3,(H,26,27)(H,30,31,32);9-10H,6-8H2,1-5H3;4-6H2,1-3H3;6H,1-5H2;/q;;;;;+1/p-1/b15-9+,16-10-,22-19+;11-4-,14-6+,17-16-;13-9-,14-10+,18-15+;;;. The normalized spacial score (nSPS) is 19.3. The Bertz CT molecular complexity index is 5630. The van der Waals surface area contributed by atoms with Crippen molar-refractivity contribution in [1.82, 2.24) is 48.1 Å². The number of thioether (sulfide) groups is 5. The summed E-state index contributed by atoms with van der Waals surface area (Å²) < 4.78 is 48.0. The number of halogens is 1. The first-order valence-corrected chi connectivity index (χ1v) is 43.4. The minimum absolute atomic E-state index is 0. The number of carbonyl (C=O) groups excluding carboxylic acids is 4. The summed E-state index contributed by atoms with van der Waals surface area (Å²) in [5, 5.41) is 25.9. The molecular formula is C73H82ClKN12O15S10. The topological polar surface area (TPSA) is 315 Å². The van der Waals surface area contributed by atoms with Gasteiger partial charge in [0.2, 0.25) is 5.88 Å². The van der Waals surface area contributed by atoms with E-state index in [0.717, 1.165) is 77.2 Å². The molecule has 6 aromatic rings. The molecule has 27 nitrogen and oxygen atoms in total. The van der Waals surface area contributed by atoms with Crippen molar-refractivity contribution in [2.24, 2.45) is 21.1 Å². The number of carboxylic acid groups (broad SMARTS) is 2. The molecule has 3 aromatic carbocycles. The number of rotatable bonds is 15. The van der Waals surface area contributed by atoms with E-state index in [2.05, 4.69) is 85.8 Å². The van der Waals surface area contributed by atoms with Crippen LogP contribution in [0.1, 0.15) is 74.7 Å². The van der Waals surface area contributed by atoms with Crippen LogP contribution in [0.5, 0.6) is 5.75 Å². The van der Waals surface area contributed by atoms with E-state index < -0.39 is 58.4 Å². The summed E-state index contributed by atoms with van der Waals surface area (Å²) >= 11 is 24.9. The molecule has 10 heterocycles. The summed E-state index contributed by atoms with van der Waals surface area (Å²) in [4.78, 5) is 125. The van der Waals surface area contributed by atoms with Crippen molar-refractivity contribution < 1.29 is 108 Å². The molecule has 112 heavy (non-hydrogen) atoms. The fourth-order valence-electron chi connectivity index (χ4n) is 12.1. The van der Waals surface area contributed by atoms with Gasteiger partial charge in [0.25, 0.3) is 39.6 Å². The Hall–Kier alpha value is -6.12. The summed E-state index contributed by atoms with van der Waals surface area (Å²) in [7, 11) is 1.85. The molecule has 0 unspecified atom stereocenters. The maximum absolute atomic E-state index is 13.0. The van der Waals surface area contributed by atoms with Gasteiger partial charge in [-0.25, -0.2) is 8.42 Å². The van der Waals surface area contributed by atoms with Gasteiger partial charge >= 0.3 is 63.3 Å². The van der Waals surface area contributed by atoms with E-state index in [0.29, 0.717) is 41.4 Å². The molecule has 0 atom stereocenters. The molecule has 3 aromatic heterocycles. The van der Waals surface area contributed by atoms with E-state index in [1.165, 1.54) is 159 Å². The Morgan fingerprint density at radius 3 is 1.75 bits per heavy atom. The molecule has 0 saturated carbocycles. The molecule has 7 aliphatic heterocycles. The summed E-state index contributed by atoms with van der Waals surface area (Å²) in [6, 6.07) is 16.9. The Labute approximate surface area is 733 Å². The van der Waals surface area contributed by atoms with Gasteiger partial charge < -0.3 is 48.7 Å². The number of nitrogens with one attached hydrogen (secondary N) is 1. The van der Waals surface area contributed by atoms with Gasteiger partial charge in [0.1, 0.15) is 72.6 Å². The Balaban J connectivity index is 0.000000195. The third-order valence-electron chi connectivity index (χ3n) is 18.0. The molecule has 4 amide bonds. The first kappa shape index (κ1) is 91.4. The first-order chi connectivity index (χ1) is 52.7. The van der Waals surface area contributed by atoms with Crippen LogP contribution in [0.4, 0.5) is 16.2 Å². The maximum Gasteiger partial charge on any atom is 1.00 e. The SMILES string of the molecule is C1CCNCC1.CCN(CC)CC.CCN1C(=O)S/C(=c2/s/c(=C\C=C3\SC(C)=C(C)N3CC)c(=O)n2CC)C1=O.CN1/C(=C/C=c2/s/c(=C3/SC(=S)N(CC(=O)O)C3=O)n(C)c2=O)Sc2ccc3ccccc3c21.Cn1c(=O)/c(=C/C=C2/Oc3ccc(Cl)cc3N2CS(=O)(=O)[O-])n(C)/c1=C1/SC(=S)N(CC(=O)O)C1=O.[K+]. The van der Waals surface area contributed by atoms with Gasteiger partial charge in [-0.05, 0) is 152 Å². The minimum atomic E-state index is -4.71. The number of piperidine rings is 1. The Kier molecular flexibility index (Phi) is 33.2. The second-order valence-corrected chi connectivity index (χ2v) is 35.3. The predicted octanol–water partition coefficient (Wildman–Crippen LogP) is 3.78. The monoisotopic (exact) mass is 1760 g/mol. The number of allylic oxidation sites excluding steroid dienone is 5. The Morgan fingerprint density at radius 2 is 1.20 bits per heavy atom. The summed E-state index contributed by atoms with van der Waals surface area (Å²) in [5.41, 5.74) is 1.96. The van der Waals surface area contributed by atoms with Crippen LogP contribution in [-0.4, -0.2) is 181 Å². The number of ether oxygens (including phenoxy) is 1. The average molecular weight is 1760 g/mol. The second kappa shape index (κ2) is 40.6. The number of carboxylic acids is 2. The predicted molar refractivity (Wildman–Crippen MR) is 455 cm³/mol. The van der Waals surface area contributed by atoms with Gasteiger partial charge in [-0.15, -0.1) is 22.7 Å². The van der Waals surface area contributed by atoms with Gasteiger partial charge in [0.15, 0.2) is 5.75 Å². The van der Waals surface area contributed by atoms with Crippen molar-refractivity contribution in [2.75, 3.05) is 81.6 Å². The molecule has 0 aliphatic carbocycles. The summed E-state index contributed by atoms with van der Waals surface area (Å²) in [5.74, 6) is -4.55. The molecule has 4 saturated heterocycles. The number of aliphatic carboxylic acids is 2. The van der Waals surface area contributed by atoms with E-state index in [1.807, 2.05) is 44.3 Å². The molecule has 0 radical (unpaired) electrons. The van der Waals surface area contributed by atoms with Gasteiger partial charge in [-0.1, -0.05) is 141 Å². The third-order valence-corrected chi connectivity index (χ3v) is 27.6. The number of amides is 4. The minimum Gasteiger partial charge on any atom is -0.747 e. The number of imide groups is 1. The fourth-order valence-corrected chi connectivity index (χ4v) is 21.0. The van der Waals surface area contributed by atoms with Crippen molar-refractivity contribution in [3.63, 3.8) is 0 Å². The van der Waals surface area contributed by atoms with Crippen molar-refractivity contribution in [2.45, 2.75) is 86.1 Å². The summed E-state index contributed by atoms with van der Waals surface area (Å²) in [6.45, 7) is 23.1. The van der Waals surface area contributed by atoms with Gasteiger partial charge in [0.05, 0.1) is 30.5 Å². The molecule has 13 rings (SSSR count). The number of imidazole rings is 1. The fraction of sp³-hybridized carbons (Fsp3) is 0.356. The van der Waals surface area contributed by atoms with Gasteiger partial charge in [-0.3, -0.25) is 71.9 Å². The molecule has 592 valence electrons. The number of fused-ring (bicyclic) bond motifs is 4. The van der Waals surface area contributed by atoms with Gasteiger partial charge in [0, 0.05) is 79.8 Å². The first-order valence-electron chi connectivity index (χ1n) is 34.9. The number of thiocarbonyl (C=S) groups is 2. The van der Waals surface area contributed by atoms with Gasteiger partial charge in [-0.2, -0.15) is 0 Å². The van der Waals surface area contributed by atoms with Crippen LogP contribution >= 0.6 is 118 Å². The van der Waals surface area contributed by atoms with Crippen LogP contribution in [0.15, 0.2) is 119 Å². The van der Waals surface area contributed by atoms with Crippen LogP contribution in [0.25, 0.3) is 43.7 Å². The molecule has 7 aliphatic rings. The van der Waals surface area contributed by atoms with Crippen LogP contribution in [0.2, 0.25) is 5.02 Å². The zero-order chi connectivity index (χ0) is 81.2. The number of hydrogen-bond acceptors (Lipinski definition) is 27. The quantitative estimate of drug-likeness (QED) is 0.0748. The summed E-state index contributed by atoms with van der Waals surface area (Å²) in [6.07, 6.45) is 14.3. The molecule has 3 N–H and O–H groups in total. The number of carbonyl (C=O) groups is 6. The zero-order valence-electron chi connectivity index (χ0n) is 63.6. The molecule has 0 bridgehead atoms. The van der Waals surface area contributed by atoms with Crippen molar-refractivity contribution in [1.29, 1.82) is 0 Å². The van der Waals surface area contributed by atoms with Crippen LogP contribution in [0.3, 0.4) is 0 Å². The number of nitrogens with zero attached hydrogens (tertiary/aromatic N) is 11. The largest absolute Gasteiger partial charge is 1.00 e. The van der Waals surface area contributed by atoms with E-state index in [9.17, 15) is 56.1 Å². The van der Waals surface area contributed by atoms with Crippen LogP contribution < -0.4 is 117 Å². The Morgan fingerprint density at radius 1 is 0.625 bits per heavy atom. The number of anilines is 2. The van der Waals surface area contributed by atoms with E-state index in [-0.39, 0.29) is 120 Å². The average Bonchev–Trinajstić information content (AvgIpc) is 1.62. The van der Waals surface area contributed by atoms with E-state index in [1.54, 1.807) is 48.1 Å². The number of aromatic nitrogens is 4. The smallest absolute Gasteiger partial charge is 0.747 e. The van der Waals surface area contributed by atoms with Crippen molar-refractivity contribution >= 4 is 226 Å². The van der Waals surface area contributed by atoms with Crippen molar-refractivity contribution in [3.05, 3.63) is 165 Å². The van der Waals surface area contributed by atoms with Crippen LogP contribution in [0, 0.1) is 0 Å². The molecule has 4 fully saturated rings. The molecule has 39 heteroatoms. The number of benzene rings is 3. The number of hydrogen-bond donors (Lipinski definition) is 3. The zero-order valence-corrected chi connectivity index (χ0v) is 75.7. The van der Waals surface area contributed by atoms with Crippen LogP contribution in [-0.2, 0) is 61.8 Å². The second-order valence-electron chi connectivity index (χ2n) is 24.9. The van der Waals surface area contributed by atoms with Crippen molar-refractivity contribution in [3.8, 4) is 5.75 Å². The maximum atomic E-state index is 13.0.